The molecule has 10 heteroatoms. The number of fused-ring (bicyclic) bond motifs is 6. The molecule has 0 fully saturated rings. The Morgan fingerprint density at radius 1 is 0.714 bits per heavy atom. The second-order valence-electron chi connectivity index (χ2n) is 5.70. The van der Waals surface area contributed by atoms with Crippen molar-refractivity contribution in [2.24, 2.45) is 15.2 Å². The molecule has 0 bridgehead atoms. The van der Waals surface area contributed by atoms with Crippen LogP contribution in [0.25, 0.3) is 32.6 Å². The van der Waals surface area contributed by atoms with Crippen molar-refractivity contribution in [3.8, 4) is 0 Å². The normalized spacial score (nSPS) is 12.4. The van der Waals surface area contributed by atoms with Gasteiger partial charge in [0.15, 0.2) is 0 Å². The Kier molecular flexibility index (Phi) is 5.06. The summed E-state index contributed by atoms with van der Waals surface area (Å²) >= 11 is 0. The first-order valence-corrected chi connectivity index (χ1v) is 9.84. The van der Waals surface area contributed by atoms with Gasteiger partial charge < -0.3 is 13.6 Å². The average molecular weight is 396 g/mol. The van der Waals surface area contributed by atoms with Gasteiger partial charge in [-0.3, -0.25) is 0 Å². The molecule has 0 unspecified atom stereocenters. The van der Waals surface area contributed by atoms with Crippen LogP contribution >= 0.6 is 7.74 Å². The molecule has 0 aliphatic carbocycles. The third kappa shape index (κ3) is 3.14. The molecule has 0 atom stereocenters. The molecule has 0 radical (unpaired) electrons. The molecule has 0 saturated carbocycles. The fraction of sp³-hybridized carbons (Fsp3) is 0.167. The zero-order chi connectivity index (χ0) is 19.6. The molecule has 4 aromatic rings. The summed E-state index contributed by atoms with van der Waals surface area (Å²) in [5.74, 6) is 0.0816. The van der Waals surface area contributed by atoms with Gasteiger partial charge in [-0.2, -0.15) is 0 Å². The average Bonchev–Trinajstić information content (AvgIpc) is 2.77. The van der Waals surface area contributed by atoms with Crippen molar-refractivity contribution in [1.82, 2.24) is 15.2 Å². The van der Waals surface area contributed by atoms with Gasteiger partial charge in [-0.1, -0.05) is 58.5 Å². The van der Waals surface area contributed by atoms with Crippen LogP contribution in [0.3, 0.4) is 0 Å². The molecule has 4 rings (SSSR count). The highest BCUT2D eigenvalue weighted by molar-refractivity contribution is 7.51. The molecule has 28 heavy (non-hydrogen) atoms. The molecule has 1 aromatic heterocycles. The monoisotopic (exact) mass is 396 g/mol. The summed E-state index contributed by atoms with van der Waals surface area (Å²) in [5.41, 5.74) is 1.40. The predicted octanol–water partition coefficient (Wildman–Crippen LogP) is 5.22. The van der Waals surface area contributed by atoms with E-state index in [1.807, 2.05) is 36.4 Å². The first kappa shape index (κ1) is 18.5. The van der Waals surface area contributed by atoms with Gasteiger partial charge in [-0.25, -0.2) is 4.98 Å². The summed E-state index contributed by atoms with van der Waals surface area (Å²) in [6, 6.07) is 16.1. The number of aromatic nitrogens is 3. The van der Waals surface area contributed by atoms with E-state index in [2.05, 4.69) is 42.5 Å². The molecule has 0 N–H and O–H groups in total. The van der Waals surface area contributed by atoms with E-state index in [0.29, 0.717) is 11.0 Å². The SMILES string of the molecule is COP(=N/N=N/c1nnc2c3ccccc3c3ccccc3c2n1)(OC)OC. The number of hydrogen-bond acceptors (Lipinski definition) is 7. The number of benzene rings is 3. The van der Waals surface area contributed by atoms with E-state index in [9.17, 15) is 0 Å². The molecular formula is C18H17N6O3P. The standard InChI is InChI=1S/C18H17N6O3P/c1-25-28(26-2,27-3)24-23-22-18-19-16-14-10-6-4-8-12(14)13-9-5-7-11-15(13)17(16)20-21-18/h4-11H,1-3H3/b23-22+. The molecule has 0 saturated heterocycles. The minimum Gasteiger partial charge on any atom is -0.305 e. The Hall–Kier alpha value is -2.84. The Morgan fingerprint density at radius 2 is 1.25 bits per heavy atom. The molecule has 0 aliphatic rings. The number of hydrogen-bond donors (Lipinski definition) is 0. The maximum Gasteiger partial charge on any atom is 0.379 e. The Balaban J connectivity index is 1.90. The van der Waals surface area contributed by atoms with E-state index in [1.165, 1.54) is 21.3 Å². The van der Waals surface area contributed by atoms with Gasteiger partial charge in [-0.15, -0.1) is 10.2 Å². The van der Waals surface area contributed by atoms with Gasteiger partial charge in [0.1, 0.15) is 11.0 Å². The van der Waals surface area contributed by atoms with E-state index in [0.717, 1.165) is 21.5 Å². The highest BCUT2D eigenvalue weighted by Gasteiger charge is 2.18. The van der Waals surface area contributed by atoms with Crippen molar-refractivity contribution < 1.29 is 13.6 Å². The van der Waals surface area contributed by atoms with Gasteiger partial charge in [0.05, 0.1) is 0 Å². The van der Waals surface area contributed by atoms with Crippen molar-refractivity contribution >= 4 is 46.3 Å². The number of nitrogens with zero attached hydrogens (tertiary/aromatic N) is 6. The first-order valence-electron chi connectivity index (χ1n) is 8.35. The minimum atomic E-state index is -2.91. The molecule has 0 spiro atoms. The van der Waals surface area contributed by atoms with Crippen LogP contribution in [0.4, 0.5) is 5.95 Å². The van der Waals surface area contributed by atoms with Gasteiger partial charge in [0.2, 0.25) is 0 Å². The van der Waals surface area contributed by atoms with E-state index < -0.39 is 7.74 Å². The molecule has 1 heterocycles. The highest BCUT2D eigenvalue weighted by Crippen LogP contribution is 2.51. The third-order valence-electron chi connectivity index (χ3n) is 4.31. The van der Waals surface area contributed by atoms with Crippen molar-refractivity contribution in [3.05, 3.63) is 48.5 Å². The van der Waals surface area contributed by atoms with Crippen LogP contribution in [0, 0.1) is 0 Å². The summed E-state index contributed by atoms with van der Waals surface area (Å²) in [6.07, 6.45) is 0. The van der Waals surface area contributed by atoms with Crippen LogP contribution in [0.15, 0.2) is 63.7 Å². The van der Waals surface area contributed by atoms with Gasteiger partial charge in [-0.05, 0) is 16.0 Å². The lowest BCUT2D eigenvalue weighted by atomic mass is 10.00. The number of rotatable bonds is 5. The van der Waals surface area contributed by atoms with Crippen LogP contribution in [-0.4, -0.2) is 36.5 Å². The van der Waals surface area contributed by atoms with Crippen LogP contribution in [0.2, 0.25) is 0 Å². The largest absolute Gasteiger partial charge is 0.379 e. The quantitative estimate of drug-likeness (QED) is 0.198. The van der Waals surface area contributed by atoms with Gasteiger partial charge in [0, 0.05) is 32.1 Å². The zero-order valence-electron chi connectivity index (χ0n) is 15.5. The Morgan fingerprint density at radius 3 is 1.82 bits per heavy atom. The van der Waals surface area contributed by atoms with E-state index in [1.54, 1.807) is 0 Å². The second-order valence-corrected chi connectivity index (χ2v) is 7.91. The summed E-state index contributed by atoms with van der Waals surface area (Å²) in [6.45, 7) is 0. The lowest BCUT2D eigenvalue weighted by Crippen LogP contribution is -1.92. The van der Waals surface area contributed by atoms with E-state index >= 15 is 0 Å². The van der Waals surface area contributed by atoms with Crippen molar-refractivity contribution in [3.63, 3.8) is 0 Å². The lowest BCUT2D eigenvalue weighted by molar-refractivity contribution is 0.222. The van der Waals surface area contributed by atoms with E-state index in [4.69, 9.17) is 13.6 Å². The summed E-state index contributed by atoms with van der Waals surface area (Å²) in [5, 5.41) is 20.2. The van der Waals surface area contributed by atoms with E-state index in [-0.39, 0.29) is 5.95 Å². The fourth-order valence-electron chi connectivity index (χ4n) is 3.02. The third-order valence-corrected chi connectivity index (χ3v) is 5.99. The van der Waals surface area contributed by atoms with Gasteiger partial charge in [0.25, 0.3) is 5.95 Å². The Bertz CT molecular complexity index is 1210. The van der Waals surface area contributed by atoms with Crippen LogP contribution in [0.5, 0.6) is 0 Å². The second kappa shape index (κ2) is 7.65. The summed E-state index contributed by atoms with van der Waals surface area (Å²) in [7, 11) is 1.36. The first-order chi connectivity index (χ1) is 13.7. The minimum absolute atomic E-state index is 0.0816. The van der Waals surface area contributed by atoms with Gasteiger partial charge >= 0.3 is 7.74 Å². The molecule has 9 nitrogen and oxygen atoms in total. The maximum atomic E-state index is 5.14. The molecule has 3 aromatic carbocycles. The van der Waals surface area contributed by atoms with Crippen molar-refractivity contribution in [1.29, 1.82) is 0 Å². The lowest BCUT2D eigenvalue weighted by Gasteiger charge is -2.14. The van der Waals surface area contributed by atoms with Crippen molar-refractivity contribution in [2.45, 2.75) is 0 Å². The van der Waals surface area contributed by atoms with Crippen molar-refractivity contribution in [2.75, 3.05) is 21.3 Å². The Labute approximate surface area is 160 Å². The molecular weight excluding hydrogens is 379 g/mol. The zero-order valence-corrected chi connectivity index (χ0v) is 16.4. The molecule has 142 valence electrons. The predicted molar refractivity (Wildman–Crippen MR) is 107 cm³/mol. The summed E-state index contributed by atoms with van der Waals surface area (Å²) < 4.78 is 15.4. The van der Waals surface area contributed by atoms with Crippen LogP contribution < -0.4 is 0 Å². The maximum absolute atomic E-state index is 5.14. The topological polar surface area (TPSA) is 103 Å². The van der Waals surface area contributed by atoms with Crippen LogP contribution in [0.1, 0.15) is 0 Å². The van der Waals surface area contributed by atoms with Crippen LogP contribution in [-0.2, 0) is 13.6 Å². The smallest absolute Gasteiger partial charge is 0.305 e. The molecule has 0 amide bonds. The highest BCUT2D eigenvalue weighted by atomic mass is 31.2. The molecule has 0 aliphatic heterocycles. The fourth-order valence-corrected chi connectivity index (χ4v) is 3.82. The summed E-state index contributed by atoms with van der Waals surface area (Å²) in [4.78, 5) is 8.44.